The van der Waals surface area contributed by atoms with E-state index in [0.717, 1.165) is 64.4 Å². The summed E-state index contributed by atoms with van der Waals surface area (Å²) in [6.45, 7) is 6.49. The molecule has 22 heavy (non-hydrogen) atoms. The minimum absolute atomic E-state index is 0.279. The van der Waals surface area contributed by atoms with Crippen LogP contribution in [-0.2, 0) is 4.79 Å². The highest BCUT2D eigenvalue weighted by Crippen LogP contribution is 2.24. The van der Waals surface area contributed by atoms with E-state index in [4.69, 9.17) is 0 Å². The Morgan fingerprint density at radius 3 is 3.00 bits per heavy atom. The number of nitrogens with zero attached hydrogens (tertiary/aromatic N) is 4. The summed E-state index contributed by atoms with van der Waals surface area (Å²) in [4.78, 5) is 26.9. The highest BCUT2D eigenvalue weighted by Gasteiger charge is 2.27. The first-order valence-corrected chi connectivity index (χ1v) is 8.40. The second kappa shape index (κ2) is 7.24. The van der Waals surface area contributed by atoms with Crippen molar-refractivity contribution in [3.05, 3.63) is 18.2 Å². The number of carbonyl (C=O) groups excluding carboxylic acids is 1. The zero-order valence-corrected chi connectivity index (χ0v) is 13.5. The number of likely N-dealkylation sites (N-methyl/N-ethyl adjacent to an activating group) is 1. The molecule has 2 fully saturated rings. The van der Waals surface area contributed by atoms with E-state index in [1.165, 1.54) is 0 Å². The van der Waals surface area contributed by atoms with Crippen molar-refractivity contribution >= 4 is 5.91 Å². The Morgan fingerprint density at radius 1 is 1.27 bits per heavy atom. The number of carbonyl (C=O) groups is 1. The van der Waals surface area contributed by atoms with Gasteiger partial charge in [0.15, 0.2) is 0 Å². The van der Waals surface area contributed by atoms with Crippen molar-refractivity contribution in [3.8, 4) is 0 Å². The van der Waals surface area contributed by atoms with Gasteiger partial charge in [-0.1, -0.05) is 0 Å². The second-order valence-corrected chi connectivity index (χ2v) is 6.59. The molecule has 3 heterocycles. The lowest BCUT2D eigenvalue weighted by molar-refractivity contribution is -0.133. The van der Waals surface area contributed by atoms with Gasteiger partial charge in [0.25, 0.3) is 0 Å². The molecule has 1 unspecified atom stereocenters. The fraction of sp³-hybridized carbons (Fsp3) is 0.750. The van der Waals surface area contributed by atoms with Crippen LogP contribution in [0.25, 0.3) is 0 Å². The number of H-pyrrole nitrogens is 1. The molecule has 1 N–H and O–H groups in total. The number of piperidine rings is 1. The molecule has 1 atom stereocenters. The lowest BCUT2D eigenvalue weighted by atomic mass is 9.97. The van der Waals surface area contributed by atoms with Crippen LogP contribution in [0.1, 0.15) is 31.0 Å². The van der Waals surface area contributed by atoms with E-state index in [2.05, 4.69) is 26.8 Å². The number of amides is 1. The smallest absolute Gasteiger partial charge is 0.236 e. The topological polar surface area (TPSA) is 55.5 Å². The van der Waals surface area contributed by atoms with Gasteiger partial charge in [-0.15, -0.1) is 0 Å². The van der Waals surface area contributed by atoms with Crippen LogP contribution in [0.5, 0.6) is 0 Å². The molecule has 0 radical (unpaired) electrons. The van der Waals surface area contributed by atoms with Gasteiger partial charge in [-0.25, -0.2) is 4.98 Å². The van der Waals surface area contributed by atoms with E-state index in [0.29, 0.717) is 12.5 Å². The fourth-order valence-corrected chi connectivity index (χ4v) is 3.48. The predicted molar refractivity (Wildman–Crippen MR) is 85.7 cm³/mol. The molecule has 2 aliphatic rings. The van der Waals surface area contributed by atoms with Crippen LogP contribution in [0, 0.1) is 0 Å². The summed E-state index contributed by atoms with van der Waals surface area (Å²) in [5, 5.41) is 0. The quantitative estimate of drug-likeness (QED) is 0.895. The Kier molecular flexibility index (Phi) is 5.10. The zero-order chi connectivity index (χ0) is 15.4. The van der Waals surface area contributed by atoms with Crippen LogP contribution in [0.15, 0.2) is 12.4 Å². The van der Waals surface area contributed by atoms with Gasteiger partial charge in [0.05, 0.1) is 6.54 Å². The van der Waals surface area contributed by atoms with Gasteiger partial charge in [-0.2, -0.15) is 0 Å². The normalized spacial score (nSPS) is 25.1. The van der Waals surface area contributed by atoms with E-state index in [-0.39, 0.29) is 5.91 Å². The van der Waals surface area contributed by atoms with E-state index in [1.807, 2.05) is 11.1 Å². The maximum absolute atomic E-state index is 12.6. The molecule has 0 spiro atoms. The van der Waals surface area contributed by atoms with Crippen LogP contribution >= 0.6 is 0 Å². The Hall–Kier alpha value is -1.40. The van der Waals surface area contributed by atoms with Crippen LogP contribution < -0.4 is 0 Å². The van der Waals surface area contributed by atoms with Crippen LogP contribution in [0.3, 0.4) is 0 Å². The van der Waals surface area contributed by atoms with Crippen LogP contribution in [0.4, 0.5) is 0 Å². The van der Waals surface area contributed by atoms with E-state index >= 15 is 0 Å². The highest BCUT2D eigenvalue weighted by atomic mass is 16.2. The molecule has 6 nitrogen and oxygen atoms in total. The van der Waals surface area contributed by atoms with Crippen molar-refractivity contribution < 1.29 is 4.79 Å². The van der Waals surface area contributed by atoms with Crippen molar-refractivity contribution in [2.24, 2.45) is 0 Å². The molecule has 122 valence electrons. The number of hydrogen-bond donors (Lipinski definition) is 1. The van der Waals surface area contributed by atoms with Gasteiger partial charge >= 0.3 is 0 Å². The number of aromatic amines is 1. The monoisotopic (exact) mass is 305 g/mol. The molecule has 1 aromatic heterocycles. The predicted octanol–water partition coefficient (Wildman–Crippen LogP) is 0.753. The lowest BCUT2D eigenvalue weighted by Gasteiger charge is -2.33. The number of nitrogens with one attached hydrogen (secondary N) is 1. The molecule has 1 amide bonds. The Bertz CT molecular complexity index is 475. The Balaban J connectivity index is 1.53. The summed E-state index contributed by atoms with van der Waals surface area (Å²) in [5.74, 6) is 1.66. The average Bonchev–Trinajstić information content (AvgIpc) is 2.99. The van der Waals surface area contributed by atoms with Crippen LogP contribution in [-0.4, -0.2) is 83.4 Å². The summed E-state index contributed by atoms with van der Waals surface area (Å²) in [7, 11) is 2.16. The molecule has 0 aliphatic carbocycles. The van der Waals surface area contributed by atoms with E-state index < -0.39 is 0 Å². The fourth-order valence-electron chi connectivity index (χ4n) is 3.48. The average molecular weight is 305 g/mol. The van der Waals surface area contributed by atoms with Crippen molar-refractivity contribution in [2.45, 2.75) is 25.2 Å². The second-order valence-electron chi connectivity index (χ2n) is 6.59. The lowest BCUT2D eigenvalue weighted by Crippen LogP contribution is -2.45. The van der Waals surface area contributed by atoms with E-state index in [9.17, 15) is 4.79 Å². The minimum Gasteiger partial charge on any atom is -0.348 e. The number of hydrogen-bond acceptors (Lipinski definition) is 4. The van der Waals surface area contributed by atoms with Crippen molar-refractivity contribution in [1.82, 2.24) is 24.7 Å². The molecule has 2 saturated heterocycles. The number of rotatable bonds is 3. The molecule has 1 aromatic rings. The first-order valence-electron chi connectivity index (χ1n) is 8.40. The molecule has 0 saturated carbocycles. The first-order chi connectivity index (χ1) is 10.7. The van der Waals surface area contributed by atoms with Crippen molar-refractivity contribution in [3.63, 3.8) is 0 Å². The number of imidazole rings is 1. The van der Waals surface area contributed by atoms with Gasteiger partial charge in [0.2, 0.25) is 5.91 Å². The SMILES string of the molecule is CN1CCCN(CC(=O)N2CCCC(c3ncc[nH]3)C2)CC1. The van der Waals surface area contributed by atoms with Crippen LogP contribution in [0.2, 0.25) is 0 Å². The molecule has 3 rings (SSSR count). The standard InChI is InChI=1S/C16H27N5O/c1-19-7-3-8-20(11-10-19)13-15(22)21-9-2-4-14(12-21)16-17-5-6-18-16/h5-6,14H,2-4,7-13H2,1H3,(H,17,18). The molecule has 2 aliphatic heterocycles. The Morgan fingerprint density at radius 2 is 2.18 bits per heavy atom. The summed E-state index contributed by atoms with van der Waals surface area (Å²) in [5.41, 5.74) is 0. The van der Waals surface area contributed by atoms with Gasteiger partial charge in [-0.3, -0.25) is 9.69 Å². The van der Waals surface area contributed by atoms with Gasteiger partial charge < -0.3 is 14.8 Å². The van der Waals surface area contributed by atoms with Gasteiger partial charge in [-0.05, 0) is 39.4 Å². The maximum Gasteiger partial charge on any atom is 0.236 e. The zero-order valence-electron chi connectivity index (χ0n) is 13.5. The minimum atomic E-state index is 0.279. The summed E-state index contributed by atoms with van der Waals surface area (Å²) < 4.78 is 0. The van der Waals surface area contributed by atoms with E-state index in [1.54, 1.807) is 6.20 Å². The Labute approximate surface area is 132 Å². The van der Waals surface area contributed by atoms with Crippen molar-refractivity contribution in [1.29, 1.82) is 0 Å². The summed E-state index contributed by atoms with van der Waals surface area (Å²) in [6.07, 6.45) is 7.00. The third kappa shape index (κ3) is 3.87. The number of likely N-dealkylation sites (tertiary alicyclic amines) is 1. The van der Waals surface area contributed by atoms with Gasteiger partial charge in [0, 0.05) is 44.5 Å². The molecule has 0 bridgehead atoms. The van der Waals surface area contributed by atoms with Gasteiger partial charge in [0.1, 0.15) is 5.82 Å². The first kappa shape index (κ1) is 15.5. The summed E-state index contributed by atoms with van der Waals surface area (Å²) >= 11 is 0. The van der Waals surface area contributed by atoms with Crippen molar-refractivity contribution in [2.75, 3.05) is 52.9 Å². The maximum atomic E-state index is 12.6. The largest absolute Gasteiger partial charge is 0.348 e. The molecule has 0 aromatic carbocycles. The number of aromatic nitrogens is 2. The summed E-state index contributed by atoms with van der Waals surface area (Å²) in [6, 6.07) is 0. The molecular formula is C16H27N5O. The third-order valence-corrected chi connectivity index (χ3v) is 4.85. The highest BCUT2D eigenvalue weighted by molar-refractivity contribution is 5.78. The third-order valence-electron chi connectivity index (χ3n) is 4.85. The molecule has 6 heteroatoms. The molecular weight excluding hydrogens is 278 g/mol.